The summed E-state index contributed by atoms with van der Waals surface area (Å²) in [5.41, 5.74) is 3.30. The van der Waals surface area contributed by atoms with Crippen LogP contribution in [-0.2, 0) is 6.42 Å². The van der Waals surface area contributed by atoms with Gasteiger partial charge in [0.15, 0.2) is 0 Å². The third-order valence-corrected chi connectivity index (χ3v) is 4.30. The van der Waals surface area contributed by atoms with E-state index in [9.17, 15) is 0 Å². The van der Waals surface area contributed by atoms with Gasteiger partial charge in [0.25, 0.3) is 0 Å². The Hall–Kier alpha value is -0.715. The summed E-state index contributed by atoms with van der Waals surface area (Å²) in [6.45, 7) is 5.62. The molecule has 2 aliphatic carbocycles. The third-order valence-electron chi connectivity index (χ3n) is 4.30. The first kappa shape index (κ1) is 8.58. The molecule has 14 heavy (non-hydrogen) atoms. The van der Waals surface area contributed by atoms with Gasteiger partial charge in [0.05, 0.1) is 0 Å². The molecule has 2 aliphatic rings. The van der Waals surface area contributed by atoms with Gasteiger partial charge < -0.3 is 0 Å². The maximum absolute atomic E-state index is 2.38. The second kappa shape index (κ2) is 2.89. The normalized spacial score (nSPS) is 33.1. The van der Waals surface area contributed by atoms with Crippen molar-refractivity contribution in [2.45, 2.75) is 38.2 Å². The molecule has 1 fully saturated rings. The summed E-state index contributed by atoms with van der Waals surface area (Å²) in [4.78, 5) is 0. The molecule has 1 aromatic carbocycles. The highest BCUT2D eigenvalue weighted by Crippen LogP contribution is 2.59. The topological polar surface area (TPSA) is 0 Å². The summed E-state index contributed by atoms with van der Waals surface area (Å²) in [7, 11) is 0. The molecule has 0 aliphatic heterocycles. The Balaban J connectivity index is 1.96. The fourth-order valence-electron chi connectivity index (χ4n) is 3.51. The van der Waals surface area contributed by atoms with Crippen molar-refractivity contribution in [2.75, 3.05) is 0 Å². The Morgan fingerprint density at radius 1 is 1.21 bits per heavy atom. The van der Waals surface area contributed by atoms with E-state index in [0.29, 0.717) is 0 Å². The van der Waals surface area contributed by atoms with Crippen LogP contribution in [0.25, 0.3) is 0 Å². The van der Waals surface area contributed by atoms with E-state index in [-0.39, 0.29) is 0 Å². The van der Waals surface area contributed by atoms with Gasteiger partial charge in [-0.05, 0) is 29.4 Å². The molecule has 0 N–H and O–H groups in total. The largest absolute Gasteiger partial charge is 0.137 e. The van der Waals surface area contributed by atoms with Gasteiger partial charge in [-0.3, -0.25) is 0 Å². The minimum Gasteiger partial charge on any atom is -0.0861 e. The van der Waals surface area contributed by atoms with Crippen molar-refractivity contribution in [1.82, 2.24) is 0 Å². The van der Waals surface area contributed by atoms with E-state index in [2.05, 4.69) is 37.9 Å². The summed E-state index contributed by atoms with van der Waals surface area (Å²) in [5.74, 6) is 2.86. The van der Waals surface area contributed by atoms with Gasteiger partial charge in [0, 0.05) is 0 Å². The molecule has 0 saturated heterocycles. The van der Waals surface area contributed by atoms with Crippen LogP contribution in [0.4, 0.5) is 0 Å². The summed E-state index contributed by atoms with van der Waals surface area (Å²) in [6, 6.07) is 9.07. The molecule has 3 rings (SSSR count). The Morgan fingerprint density at radius 2 is 2.00 bits per heavy atom. The van der Waals surface area contributed by atoms with E-state index in [1.54, 1.807) is 11.1 Å². The Kier molecular flexibility index (Phi) is 1.77. The highest BCUT2D eigenvalue weighted by atomic mass is 14.5. The minimum absolute atomic E-state index is 0.863. The van der Waals surface area contributed by atoms with Gasteiger partial charge in [-0.1, -0.05) is 50.1 Å². The highest BCUT2D eigenvalue weighted by molar-refractivity contribution is 6.58. The van der Waals surface area contributed by atoms with Crippen LogP contribution in [-0.4, -0.2) is 6.71 Å². The summed E-state index contributed by atoms with van der Waals surface area (Å²) in [5, 5.41) is 0. The average molecular weight is 184 g/mol. The highest BCUT2D eigenvalue weighted by Gasteiger charge is 2.47. The van der Waals surface area contributed by atoms with E-state index >= 15 is 0 Å². The van der Waals surface area contributed by atoms with Gasteiger partial charge in [-0.25, -0.2) is 0 Å². The van der Waals surface area contributed by atoms with Crippen molar-refractivity contribution < 1.29 is 0 Å². The average Bonchev–Trinajstić information content (AvgIpc) is 2.38. The third kappa shape index (κ3) is 1.02. The Labute approximate surface area is 86.8 Å². The van der Waals surface area contributed by atoms with E-state index in [1.807, 2.05) is 0 Å². The molecule has 3 unspecified atom stereocenters. The fraction of sp³-hybridized carbons (Fsp3) is 0.538. The molecule has 1 heteroatoms. The Bertz CT molecular complexity index is 356. The summed E-state index contributed by atoms with van der Waals surface area (Å²) >= 11 is 0. The molecule has 72 valence electrons. The standard InChI is InChI=1S/C13H17B/c1-14(2)12-8-10-7-9-5-3-4-6-11(9)13(10)12/h3-6,10,12-13H,7-8H2,1-2H3. The van der Waals surface area contributed by atoms with E-state index < -0.39 is 0 Å². The zero-order valence-electron chi connectivity index (χ0n) is 9.03. The van der Waals surface area contributed by atoms with Crippen LogP contribution < -0.4 is 0 Å². The fourth-order valence-corrected chi connectivity index (χ4v) is 3.51. The molecule has 1 saturated carbocycles. The molecule has 0 aromatic heterocycles. The lowest BCUT2D eigenvalue weighted by Gasteiger charge is -2.43. The molecule has 0 amide bonds. The molecule has 1 aromatic rings. The lowest BCUT2D eigenvalue weighted by atomic mass is 9.34. The molecule has 0 nitrogen and oxygen atoms in total. The van der Waals surface area contributed by atoms with Gasteiger partial charge in [-0.15, -0.1) is 0 Å². The zero-order chi connectivity index (χ0) is 9.71. The van der Waals surface area contributed by atoms with Gasteiger partial charge in [0.2, 0.25) is 0 Å². The quantitative estimate of drug-likeness (QED) is 0.586. The maximum Gasteiger partial charge on any atom is 0.137 e. The van der Waals surface area contributed by atoms with Gasteiger partial charge in [-0.2, -0.15) is 0 Å². The van der Waals surface area contributed by atoms with Crippen molar-refractivity contribution >= 4 is 6.71 Å². The van der Waals surface area contributed by atoms with Crippen LogP contribution in [0.3, 0.4) is 0 Å². The molecular formula is C13H17B. The van der Waals surface area contributed by atoms with Crippen molar-refractivity contribution in [2.24, 2.45) is 5.92 Å². The first-order valence-corrected chi connectivity index (χ1v) is 5.85. The lowest BCUT2D eigenvalue weighted by Crippen LogP contribution is -2.34. The minimum atomic E-state index is 0.863. The van der Waals surface area contributed by atoms with E-state index in [0.717, 1.165) is 24.4 Å². The number of hydrogen-bond acceptors (Lipinski definition) is 0. The second-order valence-corrected chi connectivity index (χ2v) is 5.33. The molecule has 0 bridgehead atoms. The Morgan fingerprint density at radius 3 is 2.79 bits per heavy atom. The van der Waals surface area contributed by atoms with Crippen molar-refractivity contribution in [3.8, 4) is 0 Å². The van der Waals surface area contributed by atoms with Crippen LogP contribution in [0.1, 0.15) is 23.5 Å². The molecule has 0 spiro atoms. The summed E-state index contributed by atoms with van der Waals surface area (Å²) < 4.78 is 0. The van der Waals surface area contributed by atoms with Crippen LogP contribution in [0.15, 0.2) is 24.3 Å². The first-order valence-electron chi connectivity index (χ1n) is 5.85. The van der Waals surface area contributed by atoms with Crippen molar-refractivity contribution in [3.05, 3.63) is 35.4 Å². The second-order valence-electron chi connectivity index (χ2n) is 5.33. The van der Waals surface area contributed by atoms with Gasteiger partial charge >= 0.3 is 0 Å². The number of rotatable bonds is 1. The zero-order valence-corrected chi connectivity index (χ0v) is 9.03. The van der Waals surface area contributed by atoms with Crippen molar-refractivity contribution in [1.29, 1.82) is 0 Å². The van der Waals surface area contributed by atoms with E-state index in [1.165, 1.54) is 12.8 Å². The molecule has 0 heterocycles. The lowest BCUT2D eigenvalue weighted by molar-refractivity contribution is 0.276. The molecule has 3 atom stereocenters. The van der Waals surface area contributed by atoms with Crippen LogP contribution in [0, 0.1) is 5.92 Å². The van der Waals surface area contributed by atoms with Crippen molar-refractivity contribution in [3.63, 3.8) is 0 Å². The number of benzene rings is 1. The first-order chi connectivity index (χ1) is 6.77. The number of fused-ring (bicyclic) bond motifs is 3. The predicted octanol–water partition coefficient (Wildman–Crippen LogP) is 3.47. The van der Waals surface area contributed by atoms with Crippen LogP contribution in [0.5, 0.6) is 0 Å². The smallest absolute Gasteiger partial charge is 0.0861 e. The SMILES string of the molecule is CB(C)C1CC2Cc3ccccc3C21. The number of hydrogen-bond donors (Lipinski definition) is 0. The van der Waals surface area contributed by atoms with E-state index in [4.69, 9.17) is 0 Å². The van der Waals surface area contributed by atoms with Gasteiger partial charge in [0.1, 0.15) is 6.71 Å². The van der Waals surface area contributed by atoms with Crippen LogP contribution in [0.2, 0.25) is 19.5 Å². The van der Waals surface area contributed by atoms with Crippen LogP contribution >= 0.6 is 0 Å². The predicted molar refractivity (Wildman–Crippen MR) is 62.2 cm³/mol. The monoisotopic (exact) mass is 184 g/mol. The molecule has 0 radical (unpaired) electrons. The maximum atomic E-state index is 2.38. The molecular weight excluding hydrogens is 167 g/mol. The summed E-state index contributed by atoms with van der Waals surface area (Å²) in [6.07, 6.45) is 2.82.